The van der Waals surface area contributed by atoms with Crippen molar-refractivity contribution in [2.24, 2.45) is 0 Å². The lowest BCUT2D eigenvalue weighted by molar-refractivity contribution is -0.125. The van der Waals surface area contributed by atoms with Gasteiger partial charge in [0.15, 0.2) is 0 Å². The normalized spacial score (nSPS) is 18.7. The molecule has 0 aromatic heterocycles. The highest BCUT2D eigenvalue weighted by Gasteiger charge is 2.29. The fraction of sp³-hybridized carbons (Fsp3) is 0.350. The first-order chi connectivity index (χ1) is 12.1. The summed E-state index contributed by atoms with van der Waals surface area (Å²) in [5, 5.41) is 7.22. The molecule has 1 saturated heterocycles. The number of anilines is 1. The molecule has 3 rings (SSSR count). The zero-order chi connectivity index (χ0) is 17.6. The number of hydrogen-bond acceptors (Lipinski definition) is 3. The van der Waals surface area contributed by atoms with Gasteiger partial charge in [0.1, 0.15) is 0 Å². The monoisotopic (exact) mass is 357 g/mol. The van der Waals surface area contributed by atoms with Crippen LogP contribution in [-0.2, 0) is 11.3 Å². The molecule has 2 aromatic rings. The Bertz CT molecular complexity index is 707. The predicted octanol–water partition coefficient (Wildman–Crippen LogP) is 3.53. The lowest BCUT2D eigenvalue weighted by Crippen LogP contribution is -2.44. The van der Waals surface area contributed by atoms with E-state index in [0.717, 1.165) is 30.8 Å². The van der Waals surface area contributed by atoms with Crippen LogP contribution in [0, 0.1) is 0 Å². The number of para-hydroxylation sites is 1. The molecule has 25 heavy (non-hydrogen) atoms. The van der Waals surface area contributed by atoms with Gasteiger partial charge in [-0.25, -0.2) is 0 Å². The van der Waals surface area contributed by atoms with Gasteiger partial charge in [0.2, 0.25) is 5.91 Å². The Kier molecular flexibility index (Phi) is 5.95. The Morgan fingerprint density at radius 3 is 2.68 bits per heavy atom. The van der Waals surface area contributed by atoms with Gasteiger partial charge in [-0.1, -0.05) is 48.0 Å². The molecule has 0 bridgehead atoms. The standard InChI is InChI=1S/C20H24ClN3O/c1-15(20(25)22-13-16-7-5-6-10-19(16)21)24-12-11-18(14-24)23-17-8-3-2-4-9-17/h2-10,15,18,23H,11-14H2,1H3,(H,22,25). The molecular formula is C20H24ClN3O. The zero-order valence-electron chi connectivity index (χ0n) is 14.4. The zero-order valence-corrected chi connectivity index (χ0v) is 15.2. The van der Waals surface area contributed by atoms with E-state index in [9.17, 15) is 4.79 Å². The average molecular weight is 358 g/mol. The van der Waals surface area contributed by atoms with E-state index in [4.69, 9.17) is 11.6 Å². The summed E-state index contributed by atoms with van der Waals surface area (Å²) >= 11 is 6.14. The maximum Gasteiger partial charge on any atom is 0.237 e. The first kappa shape index (κ1) is 17.8. The number of hydrogen-bond donors (Lipinski definition) is 2. The van der Waals surface area contributed by atoms with Crippen molar-refractivity contribution < 1.29 is 4.79 Å². The first-order valence-corrected chi connectivity index (χ1v) is 9.08. The molecule has 4 nitrogen and oxygen atoms in total. The number of rotatable bonds is 6. The number of amides is 1. The van der Waals surface area contributed by atoms with Gasteiger partial charge < -0.3 is 10.6 Å². The van der Waals surface area contributed by atoms with Crippen LogP contribution >= 0.6 is 11.6 Å². The largest absolute Gasteiger partial charge is 0.381 e. The Morgan fingerprint density at radius 2 is 1.92 bits per heavy atom. The molecule has 2 N–H and O–H groups in total. The van der Waals surface area contributed by atoms with Crippen molar-refractivity contribution in [1.29, 1.82) is 0 Å². The van der Waals surface area contributed by atoms with Crippen LogP contribution in [0.1, 0.15) is 18.9 Å². The van der Waals surface area contributed by atoms with Crippen LogP contribution in [0.2, 0.25) is 5.02 Å². The number of halogens is 1. The first-order valence-electron chi connectivity index (χ1n) is 8.70. The van der Waals surface area contributed by atoms with Crippen molar-refractivity contribution in [1.82, 2.24) is 10.2 Å². The quantitative estimate of drug-likeness (QED) is 0.831. The van der Waals surface area contributed by atoms with E-state index in [1.54, 1.807) is 0 Å². The minimum atomic E-state index is -0.148. The van der Waals surface area contributed by atoms with Crippen molar-refractivity contribution in [2.75, 3.05) is 18.4 Å². The third-order valence-corrected chi connectivity index (χ3v) is 5.07. The summed E-state index contributed by atoms with van der Waals surface area (Å²) < 4.78 is 0. The Hall–Kier alpha value is -2.04. The molecule has 2 unspecified atom stereocenters. The molecule has 1 aliphatic heterocycles. The highest BCUT2D eigenvalue weighted by Crippen LogP contribution is 2.18. The van der Waals surface area contributed by atoms with Crippen LogP contribution in [0.4, 0.5) is 5.69 Å². The van der Waals surface area contributed by atoms with Crippen LogP contribution in [0.25, 0.3) is 0 Å². The summed E-state index contributed by atoms with van der Waals surface area (Å²) in [6, 6.07) is 18.0. The van der Waals surface area contributed by atoms with E-state index in [0.29, 0.717) is 17.6 Å². The molecule has 0 radical (unpaired) electrons. The van der Waals surface area contributed by atoms with Gasteiger partial charge in [0.25, 0.3) is 0 Å². The summed E-state index contributed by atoms with van der Waals surface area (Å²) in [6.45, 7) is 4.22. The second-order valence-corrected chi connectivity index (χ2v) is 6.88. The van der Waals surface area contributed by atoms with Crippen molar-refractivity contribution in [2.45, 2.75) is 32.0 Å². The van der Waals surface area contributed by atoms with E-state index < -0.39 is 0 Å². The number of benzene rings is 2. The molecule has 1 heterocycles. The Morgan fingerprint density at radius 1 is 1.20 bits per heavy atom. The smallest absolute Gasteiger partial charge is 0.237 e. The third kappa shape index (κ3) is 4.74. The van der Waals surface area contributed by atoms with Gasteiger partial charge in [-0.2, -0.15) is 0 Å². The minimum Gasteiger partial charge on any atom is -0.381 e. The SMILES string of the molecule is CC(C(=O)NCc1ccccc1Cl)N1CCC(Nc2ccccc2)C1. The van der Waals surface area contributed by atoms with Gasteiger partial charge in [-0.05, 0) is 37.1 Å². The van der Waals surface area contributed by atoms with Gasteiger partial charge in [-0.15, -0.1) is 0 Å². The summed E-state index contributed by atoms with van der Waals surface area (Å²) in [5.41, 5.74) is 2.07. The summed E-state index contributed by atoms with van der Waals surface area (Å²) in [4.78, 5) is 14.7. The molecule has 0 aliphatic carbocycles. The van der Waals surface area contributed by atoms with E-state index in [2.05, 4.69) is 27.7 Å². The predicted molar refractivity (Wildman–Crippen MR) is 103 cm³/mol. The number of carbonyl (C=O) groups is 1. The molecule has 5 heteroatoms. The van der Waals surface area contributed by atoms with Gasteiger partial charge in [0, 0.05) is 36.4 Å². The van der Waals surface area contributed by atoms with E-state index in [1.165, 1.54) is 0 Å². The number of nitrogens with zero attached hydrogens (tertiary/aromatic N) is 1. The van der Waals surface area contributed by atoms with Crippen LogP contribution in [0.5, 0.6) is 0 Å². The fourth-order valence-corrected chi connectivity index (χ4v) is 3.37. The number of carbonyl (C=O) groups excluding carboxylic acids is 1. The average Bonchev–Trinajstić information content (AvgIpc) is 3.09. The van der Waals surface area contributed by atoms with Gasteiger partial charge in [0.05, 0.1) is 6.04 Å². The van der Waals surface area contributed by atoms with E-state index in [1.807, 2.05) is 49.4 Å². The van der Waals surface area contributed by atoms with Crippen LogP contribution < -0.4 is 10.6 Å². The van der Waals surface area contributed by atoms with Crippen molar-refractivity contribution >= 4 is 23.2 Å². The highest BCUT2D eigenvalue weighted by molar-refractivity contribution is 6.31. The Labute approximate surface area is 154 Å². The molecule has 2 aromatic carbocycles. The summed E-state index contributed by atoms with van der Waals surface area (Å²) in [6.07, 6.45) is 1.04. The minimum absolute atomic E-state index is 0.0419. The van der Waals surface area contributed by atoms with E-state index >= 15 is 0 Å². The maximum atomic E-state index is 12.5. The highest BCUT2D eigenvalue weighted by atomic mass is 35.5. The molecule has 1 amide bonds. The third-order valence-electron chi connectivity index (χ3n) is 4.70. The van der Waals surface area contributed by atoms with Gasteiger partial charge >= 0.3 is 0 Å². The van der Waals surface area contributed by atoms with Crippen LogP contribution in [0.3, 0.4) is 0 Å². The summed E-state index contributed by atoms with van der Waals surface area (Å²) in [5.74, 6) is 0.0419. The molecule has 2 atom stereocenters. The molecule has 132 valence electrons. The molecular weight excluding hydrogens is 334 g/mol. The molecule has 1 fully saturated rings. The maximum absolute atomic E-state index is 12.5. The lowest BCUT2D eigenvalue weighted by Gasteiger charge is -2.24. The second kappa shape index (κ2) is 8.37. The fourth-order valence-electron chi connectivity index (χ4n) is 3.16. The van der Waals surface area contributed by atoms with Gasteiger partial charge in [-0.3, -0.25) is 9.69 Å². The van der Waals surface area contributed by atoms with Crippen molar-refractivity contribution in [3.05, 3.63) is 65.2 Å². The van der Waals surface area contributed by atoms with Crippen LogP contribution in [-0.4, -0.2) is 36.0 Å². The Balaban J connectivity index is 1.48. The topological polar surface area (TPSA) is 44.4 Å². The number of likely N-dealkylation sites (tertiary alicyclic amines) is 1. The van der Waals surface area contributed by atoms with Crippen LogP contribution in [0.15, 0.2) is 54.6 Å². The molecule has 0 saturated carbocycles. The molecule has 0 spiro atoms. The summed E-state index contributed by atoms with van der Waals surface area (Å²) in [7, 11) is 0. The van der Waals surface area contributed by atoms with Crippen molar-refractivity contribution in [3.8, 4) is 0 Å². The second-order valence-electron chi connectivity index (χ2n) is 6.48. The lowest BCUT2D eigenvalue weighted by atomic mass is 10.2. The van der Waals surface area contributed by atoms with Crippen molar-refractivity contribution in [3.63, 3.8) is 0 Å². The molecule has 1 aliphatic rings. The number of nitrogens with one attached hydrogen (secondary N) is 2. The van der Waals surface area contributed by atoms with E-state index in [-0.39, 0.29) is 11.9 Å².